The number of rotatable bonds is 3. The number of halogens is 3. The van der Waals surface area contributed by atoms with Crippen LogP contribution < -0.4 is 5.32 Å². The highest BCUT2D eigenvalue weighted by molar-refractivity contribution is 5.19. The molecule has 18 heavy (non-hydrogen) atoms. The van der Waals surface area contributed by atoms with Crippen LogP contribution in [0.4, 0.5) is 13.2 Å². The van der Waals surface area contributed by atoms with E-state index in [0.29, 0.717) is 23.6 Å². The van der Waals surface area contributed by atoms with Gasteiger partial charge in [-0.3, -0.25) is 0 Å². The highest BCUT2D eigenvalue weighted by Gasteiger charge is 2.30. The summed E-state index contributed by atoms with van der Waals surface area (Å²) in [5.41, 5.74) is 0.771. The summed E-state index contributed by atoms with van der Waals surface area (Å²) in [4.78, 5) is 0. The van der Waals surface area contributed by atoms with E-state index in [1.165, 1.54) is 0 Å². The van der Waals surface area contributed by atoms with Gasteiger partial charge in [-0.15, -0.1) is 0 Å². The van der Waals surface area contributed by atoms with E-state index >= 15 is 0 Å². The van der Waals surface area contributed by atoms with Gasteiger partial charge in [0.2, 0.25) is 0 Å². The van der Waals surface area contributed by atoms with Gasteiger partial charge >= 0.3 is 0 Å². The Morgan fingerprint density at radius 1 is 1.22 bits per heavy atom. The van der Waals surface area contributed by atoms with Crippen LogP contribution in [0.3, 0.4) is 0 Å². The molecule has 1 aliphatic carbocycles. The van der Waals surface area contributed by atoms with Crippen molar-refractivity contribution in [2.45, 2.75) is 45.7 Å². The van der Waals surface area contributed by atoms with Crippen molar-refractivity contribution in [1.29, 1.82) is 0 Å². The Morgan fingerprint density at radius 2 is 1.83 bits per heavy atom. The van der Waals surface area contributed by atoms with Crippen molar-refractivity contribution in [2.24, 2.45) is 5.41 Å². The van der Waals surface area contributed by atoms with E-state index in [4.69, 9.17) is 0 Å². The van der Waals surface area contributed by atoms with Crippen molar-refractivity contribution >= 4 is 0 Å². The number of hydrogen-bond donors (Lipinski definition) is 1. The van der Waals surface area contributed by atoms with Crippen LogP contribution in [0.2, 0.25) is 0 Å². The fourth-order valence-electron chi connectivity index (χ4n) is 2.58. The molecule has 0 amide bonds. The summed E-state index contributed by atoms with van der Waals surface area (Å²) in [5, 5.41) is 3.27. The van der Waals surface area contributed by atoms with E-state index in [2.05, 4.69) is 19.2 Å². The standard InChI is InChI=1S/C14H18F3N/c1-14(2)4-3-10(7-14)18-8-9-5-11(15)13(17)12(16)6-9/h5-6,10,18H,3-4,7-8H2,1-2H3. The largest absolute Gasteiger partial charge is 0.310 e. The molecule has 0 saturated heterocycles. The molecule has 0 aliphatic heterocycles. The lowest BCUT2D eigenvalue weighted by Gasteiger charge is -2.18. The van der Waals surface area contributed by atoms with E-state index in [1.54, 1.807) is 0 Å². The molecule has 100 valence electrons. The minimum absolute atomic E-state index is 0.330. The number of hydrogen-bond acceptors (Lipinski definition) is 1. The van der Waals surface area contributed by atoms with Gasteiger partial charge in [0, 0.05) is 12.6 Å². The number of benzene rings is 1. The van der Waals surface area contributed by atoms with Gasteiger partial charge in [0.05, 0.1) is 0 Å². The zero-order chi connectivity index (χ0) is 13.3. The fourth-order valence-corrected chi connectivity index (χ4v) is 2.58. The average molecular weight is 257 g/mol. The zero-order valence-corrected chi connectivity index (χ0v) is 10.7. The first-order valence-electron chi connectivity index (χ1n) is 6.24. The Kier molecular flexibility index (Phi) is 3.66. The second kappa shape index (κ2) is 4.92. The lowest BCUT2D eigenvalue weighted by Crippen LogP contribution is -2.27. The van der Waals surface area contributed by atoms with E-state index in [9.17, 15) is 13.2 Å². The molecule has 1 unspecified atom stereocenters. The molecule has 4 heteroatoms. The smallest absolute Gasteiger partial charge is 0.194 e. The van der Waals surface area contributed by atoms with E-state index in [-0.39, 0.29) is 0 Å². The molecule has 0 spiro atoms. The Bertz CT molecular complexity index is 420. The molecule has 1 saturated carbocycles. The van der Waals surface area contributed by atoms with Gasteiger partial charge in [0.25, 0.3) is 0 Å². The monoisotopic (exact) mass is 257 g/mol. The lowest BCUT2D eigenvalue weighted by molar-refractivity contribution is 0.364. The molecule has 2 rings (SSSR count). The molecule has 1 N–H and O–H groups in total. The van der Waals surface area contributed by atoms with Crippen LogP contribution in [0, 0.1) is 22.9 Å². The first-order chi connectivity index (χ1) is 8.37. The second-order valence-corrected chi connectivity index (χ2v) is 5.86. The molecular weight excluding hydrogens is 239 g/mol. The van der Waals surface area contributed by atoms with Gasteiger partial charge in [0.15, 0.2) is 17.5 Å². The predicted molar refractivity (Wildman–Crippen MR) is 64.6 cm³/mol. The maximum atomic E-state index is 13.0. The average Bonchev–Trinajstić information content (AvgIpc) is 2.63. The van der Waals surface area contributed by atoms with Gasteiger partial charge in [-0.1, -0.05) is 13.8 Å². The maximum absolute atomic E-state index is 13.0. The second-order valence-electron chi connectivity index (χ2n) is 5.86. The molecule has 0 aromatic heterocycles. The summed E-state index contributed by atoms with van der Waals surface area (Å²) in [7, 11) is 0. The summed E-state index contributed by atoms with van der Waals surface area (Å²) < 4.78 is 38.8. The summed E-state index contributed by atoms with van der Waals surface area (Å²) in [6.07, 6.45) is 3.27. The van der Waals surface area contributed by atoms with E-state index < -0.39 is 17.5 Å². The van der Waals surface area contributed by atoms with Crippen molar-refractivity contribution < 1.29 is 13.2 Å². The third-order valence-corrected chi connectivity index (χ3v) is 3.61. The fraction of sp³-hybridized carbons (Fsp3) is 0.571. The minimum Gasteiger partial charge on any atom is -0.310 e. The quantitative estimate of drug-likeness (QED) is 0.813. The molecule has 0 bridgehead atoms. The molecule has 1 fully saturated rings. The van der Waals surface area contributed by atoms with E-state index in [0.717, 1.165) is 31.4 Å². The summed E-state index contributed by atoms with van der Waals surface area (Å²) >= 11 is 0. The third kappa shape index (κ3) is 3.05. The van der Waals surface area contributed by atoms with E-state index in [1.807, 2.05) is 0 Å². The van der Waals surface area contributed by atoms with Gasteiger partial charge in [0.1, 0.15) is 0 Å². The maximum Gasteiger partial charge on any atom is 0.194 e. The highest BCUT2D eigenvalue weighted by Crippen LogP contribution is 2.36. The summed E-state index contributed by atoms with van der Waals surface area (Å²) in [6.45, 7) is 4.80. The third-order valence-electron chi connectivity index (χ3n) is 3.61. The molecule has 0 radical (unpaired) electrons. The van der Waals surface area contributed by atoms with Gasteiger partial charge < -0.3 is 5.32 Å². The van der Waals surface area contributed by atoms with Gasteiger partial charge in [-0.2, -0.15) is 0 Å². The van der Waals surface area contributed by atoms with Crippen LogP contribution in [0.25, 0.3) is 0 Å². The summed E-state index contributed by atoms with van der Waals surface area (Å²) in [6, 6.07) is 2.47. The zero-order valence-electron chi connectivity index (χ0n) is 10.7. The topological polar surface area (TPSA) is 12.0 Å². The van der Waals surface area contributed by atoms with Gasteiger partial charge in [-0.05, 0) is 42.4 Å². The van der Waals surface area contributed by atoms with Gasteiger partial charge in [-0.25, -0.2) is 13.2 Å². The molecular formula is C14H18F3N. The Balaban J connectivity index is 1.95. The van der Waals surface area contributed by atoms with Crippen molar-refractivity contribution in [3.8, 4) is 0 Å². The predicted octanol–water partition coefficient (Wildman–Crippen LogP) is 3.77. The Morgan fingerprint density at radius 3 is 2.33 bits per heavy atom. The molecule has 1 aliphatic rings. The van der Waals surface area contributed by atoms with Crippen LogP contribution in [-0.2, 0) is 6.54 Å². The SMILES string of the molecule is CC1(C)CCC(NCc2cc(F)c(F)c(F)c2)C1. The van der Waals surface area contributed by atoms with Crippen LogP contribution in [-0.4, -0.2) is 6.04 Å². The Hall–Kier alpha value is -1.03. The molecule has 1 nitrogen and oxygen atoms in total. The highest BCUT2D eigenvalue weighted by atomic mass is 19.2. The first kappa shape index (κ1) is 13.4. The van der Waals surface area contributed by atoms with Crippen LogP contribution in [0.15, 0.2) is 12.1 Å². The first-order valence-corrected chi connectivity index (χ1v) is 6.24. The lowest BCUT2D eigenvalue weighted by atomic mass is 9.92. The van der Waals surface area contributed by atoms with Crippen molar-refractivity contribution in [3.63, 3.8) is 0 Å². The van der Waals surface area contributed by atoms with Crippen molar-refractivity contribution in [3.05, 3.63) is 35.1 Å². The van der Waals surface area contributed by atoms with Crippen molar-refractivity contribution in [2.75, 3.05) is 0 Å². The van der Waals surface area contributed by atoms with Crippen LogP contribution in [0.1, 0.15) is 38.7 Å². The molecule has 1 aromatic rings. The van der Waals surface area contributed by atoms with Crippen LogP contribution >= 0.6 is 0 Å². The number of nitrogens with one attached hydrogen (secondary N) is 1. The minimum atomic E-state index is -1.40. The molecule has 1 atom stereocenters. The normalized spacial score (nSPS) is 22.4. The summed E-state index contributed by atoms with van der Waals surface area (Å²) in [5.74, 6) is -3.65. The van der Waals surface area contributed by atoms with Crippen molar-refractivity contribution in [1.82, 2.24) is 5.32 Å². The molecule has 1 aromatic carbocycles. The molecule has 0 heterocycles. The van der Waals surface area contributed by atoms with Crippen LogP contribution in [0.5, 0.6) is 0 Å². The Labute approximate surface area is 105 Å².